The summed E-state index contributed by atoms with van der Waals surface area (Å²) in [6.07, 6.45) is 13.1. The first-order chi connectivity index (χ1) is 34.2. The summed E-state index contributed by atoms with van der Waals surface area (Å²) in [7, 11) is 1.58. The van der Waals surface area contributed by atoms with E-state index in [4.69, 9.17) is 21.1 Å². The van der Waals surface area contributed by atoms with Gasteiger partial charge in [-0.15, -0.1) is 16.6 Å². The van der Waals surface area contributed by atoms with Crippen molar-refractivity contribution in [3.63, 3.8) is 0 Å². The molecule has 71 heavy (non-hydrogen) atoms. The number of hydrogen-bond acceptors (Lipinski definition) is 12. The number of amides is 4. The number of phenolic OH excluding ortho intramolecular Hbond substituents is 1. The Bertz CT molecular complexity index is 2740. The Morgan fingerprint density at radius 3 is 2.38 bits per heavy atom. The van der Waals surface area contributed by atoms with Crippen LogP contribution in [0.3, 0.4) is 0 Å². The van der Waals surface area contributed by atoms with Crippen LogP contribution in [0.1, 0.15) is 99.7 Å². The van der Waals surface area contributed by atoms with Gasteiger partial charge in [0.2, 0.25) is 17.8 Å². The van der Waals surface area contributed by atoms with E-state index >= 15 is 0 Å². The summed E-state index contributed by atoms with van der Waals surface area (Å²) in [6, 6.07) is 14.8. The van der Waals surface area contributed by atoms with Gasteiger partial charge >= 0.3 is 6.03 Å². The number of para-hydroxylation sites is 1. The summed E-state index contributed by atoms with van der Waals surface area (Å²) in [6.45, 7) is 12.4. The Hall–Kier alpha value is -6.61. The molecule has 0 bridgehead atoms. The van der Waals surface area contributed by atoms with Gasteiger partial charge in [-0.2, -0.15) is 0 Å². The standard InChI is InChI=1S/C54H67N11O6/c1-7-35-12-14-36(15-13-35)30-55-50(68)45-28-40(66)33-65(45)51(69)48(54(3,4)5)64(26-27-71-6)53(70)62-23-18-39(19-24-62)61-21-16-37(17-22-61)38-31-56-52(57-32-38)63-25-20-43-47(34(63)2)42-29-44(59-60-49(42)58-43)41-10-8-9-11-46(41)67/h1,8-15,29,31-32,34,37,39-40,45,48,66-67H,16-28,30,33H2,2-6H3,(H,55,68)(H,58,60)/t34-,40-,45+,48-/m1/s1. The number of benzene rings is 2. The molecule has 374 valence electrons. The molecule has 2 aromatic carbocycles. The molecule has 4 amide bonds. The Kier molecular flexibility index (Phi) is 14.6. The normalized spacial score (nSPS) is 20.7. The number of urea groups is 1. The van der Waals surface area contributed by atoms with Gasteiger partial charge in [-0.1, -0.05) is 51.0 Å². The maximum absolute atomic E-state index is 14.7. The first kappa shape index (κ1) is 49.4. The molecule has 17 nitrogen and oxygen atoms in total. The lowest BCUT2D eigenvalue weighted by molar-refractivity contribution is -0.145. The number of nitrogens with zero attached hydrogens (tertiary/aromatic N) is 9. The van der Waals surface area contributed by atoms with Gasteiger partial charge in [0.25, 0.3) is 0 Å². The van der Waals surface area contributed by atoms with Gasteiger partial charge in [0.1, 0.15) is 17.8 Å². The molecule has 0 spiro atoms. The first-order valence-corrected chi connectivity index (χ1v) is 25.1. The van der Waals surface area contributed by atoms with Crippen LogP contribution in [0, 0.1) is 17.8 Å². The third-order valence-corrected chi connectivity index (χ3v) is 15.1. The Morgan fingerprint density at radius 1 is 0.986 bits per heavy atom. The predicted octanol–water partition coefficient (Wildman–Crippen LogP) is 5.63. The predicted molar refractivity (Wildman–Crippen MR) is 270 cm³/mol. The third kappa shape index (κ3) is 10.4. The minimum absolute atomic E-state index is 0.000121. The molecule has 3 aromatic heterocycles. The molecule has 0 saturated carbocycles. The summed E-state index contributed by atoms with van der Waals surface area (Å²) in [5.41, 5.74) is 6.32. The van der Waals surface area contributed by atoms with Crippen molar-refractivity contribution >= 4 is 34.8 Å². The number of fused-ring (bicyclic) bond motifs is 3. The highest BCUT2D eigenvalue weighted by atomic mass is 16.5. The van der Waals surface area contributed by atoms with Gasteiger partial charge in [-0.05, 0) is 98.5 Å². The van der Waals surface area contributed by atoms with E-state index in [1.165, 1.54) is 4.90 Å². The summed E-state index contributed by atoms with van der Waals surface area (Å²) in [5, 5.41) is 34.1. The van der Waals surface area contributed by atoms with Crippen LogP contribution >= 0.6 is 0 Å². The molecule has 4 aliphatic rings. The summed E-state index contributed by atoms with van der Waals surface area (Å²) in [5.74, 6) is 3.08. The Morgan fingerprint density at radius 2 is 1.70 bits per heavy atom. The fourth-order valence-electron chi connectivity index (χ4n) is 11.3. The van der Waals surface area contributed by atoms with Crippen LogP contribution in [0.15, 0.2) is 67.0 Å². The van der Waals surface area contributed by atoms with Crippen molar-refractivity contribution in [2.24, 2.45) is 5.41 Å². The Labute approximate surface area is 416 Å². The van der Waals surface area contributed by atoms with Gasteiger partial charge in [0.05, 0.1) is 24.4 Å². The summed E-state index contributed by atoms with van der Waals surface area (Å²) < 4.78 is 5.48. The maximum atomic E-state index is 14.7. The molecule has 4 N–H and O–H groups in total. The van der Waals surface area contributed by atoms with Crippen molar-refractivity contribution in [2.75, 3.05) is 64.4 Å². The van der Waals surface area contributed by atoms with Crippen molar-refractivity contribution in [3.8, 4) is 29.4 Å². The van der Waals surface area contributed by atoms with E-state index < -0.39 is 23.6 Å². The second kappa shape index (κ2) is 21.0. The average molecular weight is 966 g/mol. The van der Waals surface area contributed by atoms with Gasteiger partial charge in [0, 0.05) is 105 Å². The highest BCUT2D eigenvalue weighted by molar-refractivity contribution is 5.93. The number of carbonyl (C=O) groups is 3. The van der Waals surface area contributed by atoms with Crippen LogP contribution in [-0.2, 0) is 27.3 Å². The zero-order chi connectivity index (χ0) is 50.0. The summed E-state index contributed by atoms with van der Waals surface area (Å²) >= 11 is 0. The third-order valence-electron chi connectivity index (χ3n) is 15.1. The van der Waals surface area contributed by atoms with Gasteiger partial charge in [-0.25, -0.2) is 14.8 Å². The average Bonchev–Trinajstić information content (AvgIpc) is 3.97. The zero-order valence-corrected chi connectivity index (χ0v) is 41.6. The van der Waals surface area contributed by atoms with E-state index in [1.54, 1.807) is 24.1 Å². The van der Waals surface area contributed by atoms with E-state index in [2.05, 4.69) is 43.1 Å². The molecular formula is C54H67N11O6. The van der Waals surface area contributed by atoms with Crippen molar-refractivity contribution in [3.05, 3.63) is 94.9 Å². The van der Waals surface area contributed by atoms with Crippen LogP contribution in [0.4, 0.5) is 10.7 Å². The number of aromatic nitrogens is 5. The maximum Gasteiger partial charge on any atom is 0.320 e. The molecule has 9 rings (SSSR count). The molecule has 0 aliphatic carbocycles. The minimum Gasteiger partial charge on any atom is -0.507 e. The number of aliphatic hydroxyl groups excluding tert-OH is 1. The highest BCUT2D eigenvalue weighted by Crippen LogP contribution is 2.39. The van der Waals surface area contributed by atoms with Crippen LogP contribution in [-0.4, -0.2) is 157 Å². The molecule has 3 saturated heterocycles. The van der Waals surface area contributed by atoms with E-state index in [0.29, 0.717) is 42.3 Å². The lowest BCUT2D eigenvalue weighted by Gasteiger charge is -2.46. The van der Waals surface area contributed by atoms with Gasteiger partial charge in [-0.3, -0.25) is 9.59 Å². The number of aromatic amines is 1. The lowest BCUT2D eigenvalue weighted by atomic mass is 9.84. The number of methoxy groups -OCH3 is 1. The molecule has 3 fully saturated rings. The molecule has 0 unspecified atom stereocenters. The summed E-state index contributed by atoms with van der Waals surface area (Å²) in [4.78, 5) is 66.1. The van der Waals surface area contributed by atoms with Crippen molar-refractivity contribution in [1.29, 1.82) is 0 Å². The van der Waals surface area contributed by atoms with Crippen LogP contribution in [0.25, 0.3) is 22.3 Å². The highest BCUT2D eigenvalue weighted by Gasteiger charge is 2.48. The van der Waals surface area contributed by atoms with Crippen molar-refractivity contribution < 1.29 is 29.3 Å². The van der Waals surface area contributed by atoms with Gasteiger partial charge in [0.15, 0.2) is 5.65 Å². The second-order valence-corrected chi connectivity index (χ2v) is 20.7. The number of aromatic hydroxyl groups is 1. The fraction of sp³-hybridized carbons (Fsp3) is 0.500. The number of aliphatic hydroxyl groups is 1. The Balaban J connectivity index is 0.796. The number of anilines is 1. The number of ether oxygens (including phenoxy) is 1. The molecule has 4 aliphatic heterocycles. The molecule has 17 heteroatoms. The van der Waals surface area contributed by atoms with Crippen LogP contribution < -0.4 is 10.2 Å². The molecule has 7 heterocycles. The monoisotopic (exact) mass is 966 g/mol. The number of carbonyl (C=O) groups excluding carboxylic acids is 3. The molecule has 4 atom stereocenters. The number of phenols is 1. The van der Waals surface area contributed by atoms with E-state index in [-0.39, 0.29) is 62.3 Å². The fourth-order valence-corrected chi connectivity index (χ4v) is 11.3. The zero-order valence-electron chi connectivity index (χ0n) is 41.6. The van der Waals surface area contributed by atoms with Crippen LogP contribution in [0.2, 0.25) is 0 Å². The topological polar surface area (TPSA) is 196 Å². The number of terminal acetylenes is 1. The van der Waals surface area contributed by atoms with Crippen molar-refractivity contribution in [2.45, 2.75) is 109 Å². The second-order valence-electron chi connectivity index (χ2n) is 20.7. The lowest BCUT2D eigenvalue weighted by Crippen LogP contribution is -2.62. The number of nitrogens with one attached hydrogen (secondary N) is 2. The smallest absolute Gasteiger partial charge is 0.320 e. The molecule has 0 radical (unpaired) electrons. The largest absolute Gasteiger partial charge is 0.507 e. The minimum atomic E-state index is -0.909. The SMILES string of the molecule is C#Cc1ccc(CNC(=O)[C@@H]2C[C@@H](O)CN2C(=O)[C@@H](N(CCOC)C(=O)N2CCC(N3CCC(c4cnc(N5CCc6[nH]c7nnc(-c8ccccc8O)cc7c6[C@H]5C)nc4)CC3)CC2)C(C)(C)C)cc1. The number of rotatable bonds is 12. The van der Waals surface area contributed by atoms with Crippen LogP contribution in [0.5, 0.6) is 5.75 Å². The van der Waals surface area contributed by atoms with Gasteiger partial charge < -0.3 is 49.8 Å². The number of hydrogen-bond donors (Lipinski definition) is 4. The number of H-pyrrole nitrogens is 1. The molecular weight excluding hydrogens is 899 g/mol. The van der Waals surface area contributed by atoms with E-state index in [9.17, 15) is 24.6 Å². The number of β-amino-alcohol motifs (C(OH)–C–C–N with tert-alkyl or cyclic N) is 1. The number of likely N-dealkylation sites (tertiary alicyclic amines) is 3. The number of piperidine rings is 2. The first-order valence-electron chi connectivity index (χ1n) is 25.1. The van der Waals surface area contributed by atoms with E-state index in [1.807, 2.05) is 80.5 Å². The molecule has 5 aromatic rings. The van der Waals surface area contributed by atoms with Crippen molar-refractivity contribution in [1.82, 2.24) is 50.1 Å². The quantitative estimate of drug-likeness (QED) is 0.113. The van der Waals surface area contributed by atoms with E-state index in [0.717, 1.165) is 90.7 Å².